The lowest BCUT2D eigenvalue weighted by atomic mass is 9.63. The quantitative estimate of drug-likeness (QED) is 0.342. The van der Waals surface area contributed by atoms with Crippen LogP contribution < -0.4 is 0 Å². The van der Waals surface area contributed by atoms with Crippen LogP contribution in [0.2, 0.25) is 0 Å². The molecule has 1 aromatic carbocycles. The number of Topliss-reactive ketones (excluding diaryl/α,β-unsaturated/α-hetero) is 1. The first-order chi connectivity index (χ1) is 13.1. The molecule has 0 unspecified atom stereocenters. The first-order valence-corrected chi connectivity index (χ1v) is 9.33. The molecule has 3 fully saturated rings. The molecule has 1 saturated heterocycles. The highest BCUT2D eigenvalue weighted by atomic mass is 16.5. The summed E-state index contributed by atoms with van der Waals surface area (Å²) < 4.78 is 5.02. The Bertz CT molecular complexity index is 840. The minimum Gasteiger partial charge on any atom is -0.456 e. The molecular formula is C21H19NO5. The van der Waals surface area contributed by atoms with Crippen LogP contribution in [0.15, 0.2) is 42.5 Å². The molecular weight excluding hydrogens is 346 g/mol. The van der Waals surface area contributed by atoms with Crippen molar-refractivity contribution in [1.29, 1.82) is 0 Å². The summed E-state index contributed by atoms with van der Waals surface area (Å²) in [6, 6.07) is 8.53. The molecule has 0 spiro atoms. The number of nitrogens with zero attached hydrogens (tertiary/aromatic N) is 1. The van der Waals surface area contributed by atoms with E-state index in [1.807, 2.05) is 0 Å². The Balaban J connectivity index is 1.23. The molecule has 1 heterocycles. The van der Waals surface area contributed by atoms with Crippen molar-refractivity contribution in [2.24, 2.45) is 35.5 Å². The van der Waals surface area contributed by atoms with Crippen LogP contribution in [0.4, 0.5) is 0 Å². The van der Waals surface area contributed by atoms with Gasteiger partial charge in [0.05, 0.1) is 11.8 Å². The van der Waals surface area contributed by atoms with Crippen LogP contribution in [0.3, 0.4) is 0 Å². The Hall–Kier alpha value is -2.76. The van der Waals surface area contributed by atoms with Crippen molar-refractivity contribution in [2.75, 3.05) is 13.2 Å². The van der Waals surface area contributed by atoms with Crippen LogP contribution in [0.25, 0.3) is 0 Å². The molecule has 2 amide bonds. The number of allylic oxidation sites excluding steroid dienone is 2. The molecule has 1 aromatic rings. The van der Waals surface area contributed by atoms with E-state index in [1.165, 1.54) is 0 Å². The van der Waals surface area contributed by atoms with Crippen molar-refractivity contribution in [3.63, 3.8) is 0 Å². The number of ketones is 1. The lowest BCUT2D eigenvalue weighted by Gasteiger charge is -2.37. The first-order valence-electron chi connectivity index (χ1n) is 9.33. The van der Waals surface area contributed by atoms with Gasteiger partial charge in [0.1, 0.15) is 6.54 Å². The lowest BCUT2D eigenvalue weighted by molar-refractivity contribution is -0.152. The second-order valence-corrected chi connectivity index (χ2v) is 7.87. The minimum atomic E-state index is -0.731. The molecule has 1 aliphatic heterocycles. The largest absolute Gasteiger partial charge is 0.456 e. The van der Waals surface area contributed by atoms with Crippen LogP contribution in [-0.4, -0.2) is 41.6 Å². The number of carbonyl (C=O) groups is 4. The summed E-state index contributed by atoms with van der Waals surface area (Å²) in [5.74, 6) is -0.928. The number of amides is 2. The predicted molar refractivity (Wildman–Crippen MR) is 93.1 cm³/mol. The van der Waals surface area contributed by atoms with Crippen molar-refractivity contribution < 1.29 is 23.9 Å². The molecule has 2 saturated carbocycles. The van der Waals surface area contributed by atoms with Gasteiger partial charge in [-0.15, -0.1) is 0 Å². The fourth-order valence-corrected chi connectivity index (χ4v) is 5.20. The van der Waals surface area contributed by atoms with Gasteiger partial charge in [-0.05, 0) is 30.1 Å². The van der Waals surface area contributed by atoms with Gasteiger partial charge in [0, 0.05) is 5.56 Å². The maximum atomic E-state index is 12.8. The zero-order chi connectivity index (χ0) is 18.7. The molecule has 6 atom stereocenters. The number of imide groups is 1. The number of hydrogen-bond donors (Lipinski definition) is 0. The van der Waals surface area contributed by atoms with Gasteiger partial charge in [-0.2, -0.15) is 0 Å². The van der Waals surface area contributed by atoms with Crippen molar-refractivity contribution in [2.45, 2.75) is 6.42 Å². The van der Waals surface area contributed by atoms with Gasteiger partial charge in [-0.25, -0.2) is 0 Å². The van der Waals surface area contributed by atoms with Gasteiger partial charge in [0.15, 0.2) is 12.4 Å². The molecule has 4 aliphatic carbocycles. The van der Waals surface area contributed by atoms with Crippen molar-refractivity contribution in [1.82, 2.24) is 4.90 Å². The number of ether oxygens (including phenoxy) is 1. The summed E-state index contributed by atoms with van der Waals surface area (Å²) in [6.07, 6.45) is 5.27. The number of carbonyl (C=O) groups excluding carboxylic acids is 4. The van der Waals surface area contributed by atoms with Crippen LogP contribution in [0.5, 0.6) is 0 Å². The Morgan fingerprint density at radius 3 is 2.15 bits per heavy atom. The third-order valence-corrected chi connectivity index (χ3v) is 6.50. The van der Waals surface area contributed by atoms with E-state index >= 15 is 0 Å². The standard InChI is InChI=1S/C21H19NO5/c23-16(11-4-2-1-3-5-11)10-27-17(24)9-22-20(25)18-12-6-7-13(15-8-14(12)15)19(18)21(22)26/h1-7,12-15,18-19H,8-10H2/t12-,13+,14-,15-,18-,19+/m0/s1. The van der Waals surface area contributed by atoms with E-state index in [1.54, 1.807) is 30.3 Å². The second kappa shape index (κ2) is 5.87. The molecule has 0 radical (unpaired) electrons. The molecule has 6 heteroatoms. The molecule has 6 rings (SSSR count). The van der Waals surface area contributed by atoms with Gasteiger partial charge < -0.3 is 4.74 Å². The maximum Gasteiger partial charge on any atom is 0.326 e. The van der Waals surface area contributed by atoms with E-state index in [0.717, 1.165) is 11.3 Å². The molecule has 138 valence electrons. The fraction of sp³-hybridized carbons (Fsp3) is 0.429. The number of esters is 1. The van der Waals surface area contributed by atoms with E-state index < -0.39 is 19.1 Å². The van der Waals surface area contributed by atoms with Crippen LogP contribution in [-0.2, 0) is 19.1 Å². The summed E-state index contributed by atoms with van der Waals surface area (Å²) in [6.45, 7) is -0.815. The van der Waals surface area contributed by atoms with E-state index in [-0.39, 0.29) is 41.3 Å². The van der Waals surface area contributed by atoms with Gasteiger partial charge in [0.25, 0.3) is 0 Å². The monoisotopic (exact) mass is 365 g/mol. The smallest absolute Gasteiger partial charge is 0.326 e. The topological polar surface area (TPSA) is 80.8 Å². The van der Waals surface area contributed by atoms with Gasteiger partial charge in [-0.1, -0.05) is 42.5 Å². The molecule has 0 aromatic heterocycles. The van der Waals surface area contributed by atoms with Gasteiger partial charge in [0.2, 0.25) is 11.8 Å². The van der Waals surface area contributed by atoms with Crippen LogP contribution in [0, 0.1) is 35.5 Å². The first kappa shape index (κ1) is 16.4. The third-order valence-electron chi connectivity index (χ3n) is 6.50. The Labute approximate surface area is 156 Å². The molecule has 27 heavy (non-hydrogen) atoms. The highest BCUT2D eigenvalue weighted by Crippen LogP contribution is 2.65. The number of benzene rings is 1. The second-order valence-electron chi connectivity index (χ2n) is 7.87. The van der Waals surface area contributed by atoms with Gasteiger partial charge >= 0.3 is 5.97 Å². The maximum absolute atomic E-state index is 12.8. The molecule has 0 N–H and O–H groups in total. The predicted octanol–water partition coefficient (Wildman–Crippen LogP) is 1.47. The van der Waals surface area contributed by atoms with Crippen LogP contribution >= 0.6 is 0 Å². The molecule has 2 bridgehead atoms. The Morgan fingerprint density at radius 2 is 1.56 bits per heavy atom. The zero-order valence-electron chi connectivity index (χ0n) is 14.6. The van der Waals surface area contributed by atoms with E-state index in [0.29, 0.717) is 17.4 Å². The average molecular weight is 365 g/mol. The summed E-state index contributed by atoms with van der Waals surface area (Å²) in [5, 5.41) is 0. The zero-order valence-corrected chi connectivity index (χ0v) is 14.6. The highest BCUT2D eigenvalue weighted by molar-refractivity contribution is 6.08. The summed E-state index contributed by atoms with van der Waals surface area (Å²) in [5.41, 5.74) is 0.450. The third kappa shape index (κ3) is 2.46. The normalized spacial score (nSPS) is 35.0. The number of likely N-dealkylation sites (tertiary alicyclic amines) is 1. The molecule has 6 nitrogen and oxygen atoms in total. The Morgan fingerprint density at radius 1 is 0.963 bits per heavy atom. The van der Waals surface area contributed by atoms with Crippen molar-refractivity contribution in [3.8, 4) is 0 Å². The summed E-state index contributed by atoms with van der Waals surface area (Å²) >= 11 is 0. The summed E-state index contributed by atoms with van der Waals surface area (Å²) in [4.78, 5) is 50.8. The molecule has 5 aliphatic rings. The number of hydrogen-bond acceptors (Lipinski definition) is 5. The van der Waals surface area contributed by atoms with Crippen LogP contribution in [0.1, 0.15) is 16.8 Å². The number of rotatable bonds is 5. The Kier molecular flexibility index (Phi) is 3.57. The SMILES string of the molecule is O=C(CN1C(=O)[C@@H]2[C@@H]3C=C[C@@H]([C@@H]4C[C@@H]34)[C@@H]2C1=O)OCC(=O)c1ccccc1. The summed E-state index contributed by atoms with van der Waals surface area (Å²) in [7, 11) is 0. The van der Waals surface area contributed by atoms with E-state index in [4.69, 9.17) is 4.74 Å². The van der Waals surface area contributed by atoms with Gasteiger partial charge in [-0.3, -0.25) is 24.1 Å². The fourth-order valence-electron chi connectivity index (χ4n) is 5.20. The van der Waals surface area contributed by atoms with E-state index in [9.17, 15) is 19.2 Å². The minimum absolute atomic E-state index is 0.127. The van der Waals surface area contributed by atoms with Crippen molar-refractivity contribution in [3.05, 3.63) is 48.0 Å². The lowest BCUT2D eigenvalue weighted by Crippen LogP contribution is -2.40. The van der Waals surface area contributed by atoms with E-state index in [2.05, 4.69) is 12.2 Å². The average Bonchev–Trinajstić information content (AvgIpc) is 3.48. The van der Waals surface area contributed by atoms with Crippen molar-refractivity contribution >= 4 is 23.6 Å². The highest BCUT2D eigenvalue weighted by Gasteiger charge is 2.67.